The van der Waals surface area contributed by atoms with Crippen LogP contribution in [0.1, 0.15) is 113 Å². The molecule has 0 bridgehead atoms. The summed E-state index contributed by atoms with van der Waals surface area (Å²) in [6, 6.07) is 0. The van der Waals surface area contributed by atoms with Crippen molar-refractivity contribution < 1.29 is 15.0 Å². The smallest absolute Gasteiger partial charge is 0.145 e. The van der Waals surface area contributed by atoms with Gasteiger partial charge in [-0.1, -0.05) is 56.6 Å². The maximum absolute atomic E-state index is 11.6. The summed E-state index contributed by atoms with van der Waals surface area (Å²) in [5.41, 5.74) is 4.22. The van der Waals surface area contributed by atoms with Crippen LogP contribution in [0.2, 0.25) is 0 Å². The minimum Gasteiger partial charge on any atom is -0.396 e. The molecule has 2 aliphatic carbocycles. The van der Waals surface area contributed by atoms with Gasteiger partial charge in [-0.2, -0.15) is 0 Å². The second-order valence-corrected chi connectivity index (χ2v) is 12.5. The predicted octanol–water partition coefficient (Wildman–Crippen LogP) is 7.58. The van der Waals surface area contributed by atoms with Crippen molar-refractivity contribution in [1.29, 1.82) is 0 Å². The Labute approximate surface area is 209 Å². The molecule has 0 aromatic rings. The first-order valence-corrected chi connectivity index (χ1v) is 13.6. The standard InChI is InChI=1S/C31H52O3/c1-22(13-16-27-23(2)14-15-25(4)29(27,5)6)11-9-18-30(7)28(12-10-20-32)26(24(3)21-33)17-19-31(30,8)34/h11,14,21,25,27-28,32,34H,9-10,12-13,15-20H2,1-8H3/b22-11+,26-24-/t25-,27+,28+,30-,31-/m0/s1. The average molecular weight is 473 g/mol. The molecule has 1 saturated carbocycles. The Morgan fingerprint density at radius 2 is 1.82 bits per heavy atom. The number of carbonyl (C=O) groups excluding carboxylic acids is 1. The van der Waals surface area contributed by atoms with E-state index in [0.717, 1.165) is 44.0 Å². The molecule has 0 unspecified atom stereocenters. The van der Waals surface area contributed by atoms with Crippen molar-refractivity contribution >= 4 is 6.29 Å². The lowest BCUT2D eigenvalue weighted by Crippen LogP contribution is -2.52. The fourth-order valence-corrected chi connectivity index (χ4v) is 6.81. The van der Waals surface area contributed by atoms with Crippen LogP contribution < -0.4 is 0 Å². The number of aliphatic hydroxyl groups excluding tert-OH is 1. The maximum atomic E-state index is 11.6. The van der Waals surface area contributed by atoms with E-state index in [2.05, 4.69) is 53.7 Å². The van der Waals surface area contributed by atoms with Gasteiger partial charge in [0.05, 0.1) is 5.60 Å². The largest absolute Gasteiger partial charge is 0.396 e. The van der Waals surface area contributed by atoms with Gasteiger partial charge in [-0.05, 0) is 114 Å². The Morgan fingerprint density at radius 3 is 2.44 bits per heavy atom. The molecule has 0 amide bonds. The third-order valence-electron chi connectivity index (χ3n) is 10.1. The molecule has 0 saturated heterocycles. The van der Waals surface area contributed by atoms with Crippen LogP contribution in [0.4, 0.5) is 0 Å². The van der Waals surface area contributed by atoms with Crippen LogP contribution in [0.3, 0.4) is 0 Å². The van der Waals surface area contributed by atoms with E-state index in [9.17, 15) is 15.0 Å². The van der Waals surface area contributed by atoms with Gasteiger partial charge in [0.1, 0.15) is 6.29 Å². The van der Waals surface area contributed by atoms with Gasteiger partial charge >= 0.3 is 0 Å². The zero-order valence-corrected chi connectivity index (χ0v) is 23.3. The number of hydrogen-bond acceptors (Lipinski definition) is 3. The lowest BCUT2D eigenvalue weighted by Gasteiger charge is -2.53. The van der Waals surface area contributed by atoms with Crippen molar-refractivity contribution in [2.24, 2.45) is 28.6 Å². The molecule has 3 heteroatoms. The fraction of sp³-hybridized carbons (Fsp3) is 0.774. The second-order valence-electron chi connectivity index (χ2n) is 12.5. The number of carbonyl (C=O) groups is 1. The first-order valence-electron chi connectivity index (χ1n) is 13.6. The molecule has 3 nitrogen and oxygen atoms in total. The van der Waals surface area contributed by atoms with Gasteiger partial charge in [-0.3, -0.25) is 4.79 Å². The van der Waals surface area contributed by atoms with Crippen molar-refractivity contribution in [3.05, 3.63) is 34.4 Å². The van der Waals surface area contributed by atoms with E-state index in [-0.39, 0.29) is 17.9 Å². The molecule has 0 aromatic heterocycles. The lowest BCUT2D eigenvalue weighted by atomic mass is 9.54. The number of allylic oxidation sites excluding steroid dienone is 6. The highest BCUT2D eigenvalue weighted by Gasteiger charge is 2.52. The molecule has 2 N–H and O–H groups in total. The van der Waals surface area contributed by atoms with Crippen molar-refractivity contribution in [3.8, 4) is 0 Å². The van der Waals surface area contributed by atoms with Crippen LogP contribution in [0.25, 0.3) is 0 Å². The van der Waals surface area contributed by atoms with E-state index in [0.29, 0.717) is 30.1 Å². The first kappa shape index (κ1) is 29.0. The predicted molar refractivity (Wildman–Crippen MR) is 144 cm³/mol. The van der Waals surface area contributed by atoms with E-state index in [1.165, 1.54) is 24.0 Å². The molecule has 2 aliphatic rings. The van der Waals surface area contributed by atoms with Gasteiger partial charge < -0.3 is 10.2 Å². The van der Waals surface area contributed by atoms with Crippen LogP contribution in [-0.2, 0) is 4.79 Å². The Bertz CT molecular complexity index is 797. The summed E-state index contributed by atoms with van der Waals surface area (Å²) < 4.78 is 0. The van der Waals surface area contributed by atoms with Gasteiger partial charge in [0.25, 0.3) is 0 Å². The molecule has 0 heterocycles. The Hall–Kier alpha value is -1.19. The highest BCUT2D eigenvalue weighted by molar-refractivity contribution is 5.74. The summed E-state index contributed by atoms with van der Waals surface area (Å²) in [5, 5.41) is 21.0. The molecule has 34 heavy (non-hydrogen) atoms. The third-order valence-corrected chi connectivity index (χ3v) is 10.1. The summed E-state index contributed by atoms with van der Waals surface area (Å²) in [6.07, 6.45) is 14.1. The average Bonchev–Trinajstić information content (AvgIpc) is 2.77. The quantitative estimate of drug-likeness (QED) is 0.196. The molecular formula is C31H52O3. The van der Waals surface area contributed by atoms with E-state index in [1.807, 2.05) is 13.8 Å². The number of aliphatic hydroxyl groups is 2. The molecule has 194 valence electrons. The number of hydrogen-bond donors (Lipinski definition) is 2. The highest BCUT2D eigenvalue weighted by Crippen LogP contribution is 2.55. The van der Waals surface area contributed by atoms with Crippen molar-refractivity contribution in [3.63, 3.8) is 0 Å². The van der Waals surface area contributed by atoms with E-state index < -0.39 is 5.60 Å². The molecule has 2 rings (SSSR count). The van der Waals surface area contributed by atoms with Gasteiger partial charge in [0.15, 0.2) is 0 Å². The Balaban J connectivity index is 2.14. The van der Waals surface area contributed by atoms with E-state index in [1.54, 1.807) is 5.57 Å². The van der Waals surface area contributed by atoms with Crippen LogP contribution in [0.5, 0.6) is 0 Å². The maximum Gasteiger partial charge on any atom is 0.145 e. The molecule has 5 atom stereocenters. The topological polar surface area (TPSA) is 57.5 Å². The van der Waals surface area contributed by atoms with Crippen LogP contribution in [0, 0.1) is 28.6 Å². The van der Waals surface area contributed by atoms with Crippen molar-refractivity contribution in [2.75, 3.05) is 6.61 Å². The van der Waals surface area contributed by atoms with Gasteiger partial charge in [-0.15, -0.1) is 0 Å². The lowest BCUT2D eigenvalue weighted by molar-refractivity contribution is -0.115. The normalized spacial score (nSPS) is 35.6. The second kappa shape index (κ2) is 11.7. The molecule has 0 radical (unpaired) electrons. The first-order chi connectivity index (χ1) is 15.8. The van der Waals surface area contributed by atoms with Crippen LogP contribution >= 0.6 is 0 Å². The van der Waals surface area contributed by atoms with Gasteiger partial charge in [0.2, 0.25) is 0 Å². The minimum atomic E-state index is -0.786. The fourth-order valence-electron chi connectivity index (χ4n) is 6.81. The molecule has 0 aromatic carbocycles. The van der Waals surface area contributed by atoms with Crippen LogP contribution in [0.15, 0.2) is 34.4 Å². The molecular weight excluding hydrogens is 420 g/mol. The van der Waals surface area contributed by atoms with Crippen LogP contribution in [-0.4, -0.2) is 28.7 Å². The zero-order chi connectivity index (χ0) is 25.7. The monoisotopic (exact) mass is 472 g/mol. The summed E-state index contributed by atoms with van der Waals surface area (Å²) in [6.45, 7) is 18.0. The number of rotatable bonds is 10. The summed E-state index contributed by atoms with van der Waals surface area (Å²) >= 11 is 0. The minimum absolute atomic E-state index is 0.125. The molecule has 0 aliphatic heterocycles. The highest BCUT2D eigenvalue weighted by atomic mass is 16.3. The van der Waals surface area contributed by atoms with Gasteiger partial charge in [-0.25, -0.2) is 0 Å². The van der Waals surface area contributed by atoms with E-state index >= 15 is 0 Å². The summed E-state index contributed by atoms with van der Waals surface area (Å²) in [7, 11) is 0. The SMILES string of the molecule is CC1=CC[C@H](C)C(C)(C)[C@@H]1CC/C(C)=C/CC[C@@]1(C)[C@H](CCCO)/C(=C(/C)C=O)CC[C@]1(C)O. The Morgan fingerprint density at radius 1 is 1.15 bits per heavy atom. The van der Waals surface area contributed by atoms with E-state index in [4.69, 9.17) is 0 Å². The third kappa shape index (κ3) is 6.13. The van der Waals surface area contributed by atoms with Crippen molar-refractivity contribution in [2.45, 2.75) is 119 Å². The summed E-state index contributed by atoms with van der Waals surface area (Å²) in [4.78, 5) is 11.6. The molecule has 1 fully saturated rings. The summed E-state index contributed by atoms with van der Waals surface area (Å²) in [5.74, 6) is 1.48. The Kier molecular flexibility index (Phi) is 9.99. The molecule has 0 spiro atoms. The number of aldehydes is 1. The van der Waals surface area contributed by atoms with Gasteiger partial charge in [0, 0.05) is 12.0 Å². The zero-order valence-electron chi connectivity index (χ0n) is 23.3. The van der Waals surface area contributed by atoms with Crippen molar-refractivity contribution in [1.82, 2.24) is 0 Å².